The Labute approximate surface area is 128 Å². The first-order valence-corrected chi connectivity index (χ1v) is 8.18. The molecule has 1 N–H and O–H groups in total. The van der Waals surface area contributed by atoms with Crippen molar-refractivity contribution in [2.75, 3.05) is 13.1 Å². The predicted molar refractivity (Wildman–Crippen MR) is 83.1 cm³/mol. The molecule has 1 atom stereocenters. The van der Waals surface area contributed by atoms with Gasteiger partial charge in [0, 0.05) is 31.2 Å². The largest absolute Gasteiger partial charge is 0.311 e. The summed E-state index contributed by atoms with van der Waals surface area (Å²) in [6.07, 6.45) is 2.71. The van der Waals surface area contributed by atoms with Crippen molar-refractivity contribution in [2.45, 2.75) is 44.8 Å². The van der Waals surface area contributed by atoms with Gasteiger partial charge in [0.05, 0.1) is 4.47 Å². The fourth-order valence-electron chi connectivity index (χ4n) is 3.01. The van der Waals surface area contributed by atoms with Gasteiger partial charge in [-0.05, 0) is 60.2 Å². The summed E-state index contributed by atoms with van der Waals surface area (Å²) in [4.78, 5) is 2.49. The van der Waals surface area contributed by atoms with Gasteiger partial charge in [-0.1, -0.05) is 12.1 Å². The van der Waals surface area contributed by atoms with Crippen LogP contribution in [-0.4, -0.2) is 29.6 Å². The van der Waals surface area contributed by atoms with Crippen LogP contribution in [0.15, 0.2) is 22.7 Å². The highest BCUT2D eigenvalue weighted by Crippen LogP contribution is 2.36. The highest BCUT2D eigenvalue weighted by atomic mass is 79.9. The number of rotatable bonds is 3. The zero-order valence-electron chi connectivity index (χ0n) is 12.1. The Bertz CT molecular complexity index is 499. The fraction of sp³-hybridized carbons (Fsp3) is 0.625. The molecule has 4 heteroatoms. The summed E-state index contributed by atoms with van der Waals surface area (Å²) in [6, 6.07) is 5.92. The number of halogens is 2. The quantitative estimate of drug-likeness (QED) is 0.905. The molecule has 0 spiro atoms. The van der Waals surface area contributed by atoms with Gasteiger partial charge in [0.1, 0.15) is 5.82 Å². The first-order chi connectivity index (χ1) is 9.47. The van der Waals surface area contributed by atoms with Crippen molar-refractivity contribution in [1.29, 1.82) is 0 Å². The molecule has 0 bridgehead atoms. The Balaban J connectivity index is 1.77. The zero-order valence-corrected chi connectivity index (χ0v) is 13.7. The van der Waals surface area contributed by atoms with Crippen molar-refractivity contribution in [3.63, 3.8) is 0 Å². The summed E-state index contributed by atoms with van der Waals surface area (Å²) in [6.45, 7) is 7.38. The van der Waals surface area contributed by atoms with E-state index in [9.17, 15) is 4.39 Å². The lowest BCUT2D eigenvalue weighted by molar-refractivity contribution is 0.0531. The van der Waals surface area contributed by atoms with E-state index in [1.165, 1.54) is 18.9 Å². The van der Waals surface area contributed by atoms with Crippen LogP contribution in [0.4, 0.5) is 4.39 Å². The number of piperazine rings is 1. The van der Waals surface area contributed by atoms with Gasteiger partial charge < -0.3 is 5.32 Å². The summed E-state index contributed by atoms with van der Waals surface area (Å²) in [7, 11) is 0. The Morgan fingerprint density at radius 1 is 1.40 bits per heavy atom. The van der Waals surface area contributed by atoms with Gasteiger partial charge in [-0.3, -0.25) is 4.90 Å². The molecule has 110 valence electrons. The van der Waals surface area contributed by atoms with Crippen molar-refractivity contribution in [3.05, 3.63) is 34.1 Å². The Morgan fingerprint density at radius 3 is 2.85 bits per heavy atom. The minimum Gasteiger partial charge on any atom is -0.311 e. The van der Waals surface area contributed by atoms with E-state index in [0.29, 0.717) is 10.5 Å². The minimum absolute atomic E-state index is 0.108. The third kappa shape index (κ3) is 2.92. The maximum Gasteiger partial charge on any atom is 0.137 e. The van der Waals surface area contributed by atoms with Gasteiger partial charge in [0.2, 0.25) is 0 Å². The summed E-state index contributed by atoms with van der Waals surface area (Å²) in [5.41, 5.74) is 1.14. The lowest BCUT2D eigenvalue weighted by Crippen LogP contribution is -2.62. The van der Waals surface area contributed by atoms with Crippen LogP contribution in [0.3, 0.4) is 0 Å². The highest BCUT2D eigenvalue weighted by molar-refractivity contribution is 9.10. The molecule has 2 aliphatic rings. The number of nitrogens with one attached hydrogen (secondary N) is 1. The van der Waals surface area contributed by atoms with Crippen LogP contribution in [0, 0.1) is 11.7 Å². The van der Waals surface area contributed by atoms with Crippen LogP contribution in [0.2, 0.25) is 0 Å². The van der Waals surface area contributed by atoms with Crippen molar-refractivity contribution >= 4 is 15.9 Å². The molecule has 1 saturated heterocycles. The second-order valence-electron chi connectivity index (χ2n) is 6.73. The Morgan fingerprint density at radius 2 is 2.15 bits per heavy atom. The summed E-state index contributed by atoms with van der Waals surface area (Å²) < 4.78 is 14.3. The average molecular weight is 341 g/mol. The molecule has 1 aliphatic heterocycles. The van der Waals surface area contributed by atoms with Crippen molar-refractivity contribution < 1.29 is 4.39 Å². The van der Waals surface area contributed by atoms with Crippen LogP contribution in [-0.2, 0) is 6.54 Å². The Hall–Kier alpha value is -0.450. The van der Waals surface area contributed by atoms with Crippen LogP contribution >= 0.6 is 15.9 Å². The van der Waals surface area contributed by atoms with Gasteiger partial charge in [0.15, 0.2) is 0 Å². The standard InChI is InChI=1S/C16H22BrFN2/c1-16(2)10-19-14(11-6-7-11)9-20(16)8-12-4-3-5-13(18)15(12)17/h3-5,11,14,19H,6-10H2,1-2H3. The zero-order chi connectivity index (χ0) is 14.3. The molecular formula is C16H22BrFN2. The second-order valence-corrected chi connectivity index (χ2v) is 7.52. The van der Waals surface area contributed by atoms with Gasteiger partial charge >= 0.3 is 0 Å². The number of hydrogen-bond donors (Lipinski definition) is 1. The minimum atomic E-state index is -0.172. The van der Waals surface area contributed by atoms with Gasteiger partial charge in [-0.25, -0.2) is 4.39 Å². The van der Waals surface area contributed by atoms with E-state index >= 15 is 0 Å². The first-order valence-electron chi connectivity index (χ1n) is 7.39. The van der Waals surface area contributed by atoms with Crippen molar-refractivity contribution in [3.8, 4) is 0 Å². The van der Waals surface area contributed by atoms with E-state index in [4.69, 9.17) is 0 Å². The van der Waals surface area contributed by atoms with E-state index in [1.54, 1.807) is 6.07 Å². The first kappa shape index (κ1) is 14.5. The second kappa shape index (κ2) is 5.39. The van der Waals surface area contributed by atoms with Gasteiger partial charge in [-0.15, -0.1) is 0 Å². The van der Waals surface area contributed by atoms with Crippen LogP contribution < -0.4 is 5.32 Å². The number of nitrogens with zero attached hydrogens (tertiary/aromatic N) is 1. The number of hydrogen-bond acceptors (Lipinski definition) is 2. The smallest absolute Gasteiger partial charge is 0.137 e. The maximum absolute atomic E-state index is 13.7. The van der Waals surface area contributed by atoms with Gasteiger partial charge in [-0.2, -0.15) is 0 Å². The summed E-state index contributed by atoms with van der Waals surface area (Å²) >= 11 is 3.38. The number of benzene rings is 1. The van der Waals surface area contributed by atoms with Crippen LogP contribution in [0.25, 0.3) is 0 Å². The molecule has 3 rings (SSSR count). The molecule has 1 aromatic carbocycles. The van der Waals surface area contributed by atoms with Gasteiger partial charge in [0.25, 0.3) is 0 Å². The van der Waals surface area contributed by atoms with E-state index in [0.717, 1.165) is 31.1 Å². The van der Waals surface area contributed by atoms with Crippen molar-refractivity contribution in [1.82, 2.24) is 10.2 Å². The van der Waals surface area contributed by atoms with Crippen LogP contribution in [0.5, 0.6) is 0 Å². The molecular weight excluding hydrogens is 319 g/mol. The molecule has 1 saturated carbocycles. The van der Waals surface area contributed by atoms with E-state index < -0.39 is 0 Å². The fourth-order valence-corrected chi connectivity index (χ4v) is 3.40. The molecule has 1 unspecified atom stereocenters. The predicted octanol–water partition coefficient (Wildman–Crippen LogP) is 3.55. The molecule has 0 amide bonds. The van der Waals surface area contributed by atoms with E-state index in [-0.39, 0.29) is 11.4 Å². The summed E-state index contributed by atoms with van der Waals surface area (Å²) in [5.74, 6) is 0.679. The average Bonchev–Trinajstić information content (AvgIpc) is 3.21. The lowest BCUT2D eigenvalue weighted by atomic mass is 9.95. The molecule has 1 aliphatic carbocycles. The topological polar surface area (TPSA) is 15.3 Å². The molecule has 2 nitrogen and oxygen atoms in total. The highest BCUT2D eigenvalue weighted by Gasteiger charge is 2.40. The van der Waals surface area contributed by atoms with E-state index in [2.05, 4.69) is 40.0 Å². The third-order valence-electron chi connectivity index (χ3n) is 4.65. The van der Waals surface area contributed by atoms with Crippen LogP contribution in [0.1, 0.15) is 32.3 Å². The third-order valence-corrected chi connectivity index (χ3v) is 5.54. The molecule has 1 aromatic rings. The molecule has 0 aromatic heterocycles. The molecule has 1 heterocycles. The summed E-state index contributed by atoms with van der Waals surface area (Å²) in [5, 5.41) is 3.69. The maximum atomic E-state index is 13.7. The normalized spacial score (nSPS) is 26.7. The Kier molecular flexibility index (Phi) is 3.91. The molecule has 2 fully saturated rings. The SMILES string of the molecule is CC1(C)CNC(C2CC2)CN1Cc1cccc(F)c1Br. The monoisotopic (exact) mass is 340 g/mol. The van der Waals surface area contributed by atoms with E-state index in [1.807, 2.05) is 6.07 Å². The van der Waals surface area contributed by atoms with Crippen molar-refractivity contribution in [2.24, 2.45) is 5.92 Å². The molecule has 20 heavy (non-hydrogen) atoms. The molecule has 0 radical (unpaired) electrons. The lowest BCUT2D eigenvalue weighted by Gasteiger charge is -2.46.